The minimum Gasteiger partial charge on any atom is -0.446 e. The molecule has 0 aliphatic heterocycles. The molecule has 158 valence electrons. The fourth-order valence-electron chi connectivity index (χ4n) is 3.50. The molecule has 1 aliphatic carbocycles. The van der Waals surface area contributed by atoms with Crippen LogP contribution in [0.5, 0.6) is 0 Å². The third-order valence-electron chi connectivity index (χ3n) is 5.26. The van der Waals surface area contributed by atoms with Crippen LogP contribution >= 0.6 is 11.3 Å². The number of aromatic nitrogens is 3. The first kappa shape index (κ1) is 21.3. The molecule has 2 aromatic heterocycles. The molecule has 0 unspecified atom stereocenters. The number of carbonyl (C=O) groups excluding carboxylic acids is 2. The first-order valence-electron chi connectivity index (χ1n) is 10.1. The highest BCUT2D eigenvalue weighted by Gasteiger charge is 2.30. The molecule has 0 spiro atoms. The number of carbonyl (C=O) groups is 2. The van der Waals surface area contributed by atoms with Crippen LogP contribution in [0, 0.1) is 13.8 Å². The maximum atomic E-state index is 12.3. The third kappa shape index (κ3) is 5.79. The summed E-state index contributed by atoms with van der Waals surface area (Å²) >= 11 is 1.54. The number of aromatic amines is 1. The van der Waals surface area contributed by atoms with Crippen LogP contribution in [0.1, 0.15) is 66.7 Å². The van der Waals surface area contributed by atoms with E-state index in [1.165, 1.54) is 0 Å². The SMILES string of the molecule is CC[C@H](C)NC(=O)O[C@@H]1CC[C@H](c2cc(NC(=O)Cc3sc(C)nc3C)n[nH]2)C1. The molecular weight excluding hydrogens is 390 g/mol. The smallest absolute Gasteiger partial charge is 0.407 e. The van der Waals surface area contributed by atoms with Crippen molar-refractivity contribution in [3.8, 4) is 0 Å². The largest absolute Gasteiger partial charge is 0.446 e. The molecule has 0 bridgehead atoms. The van der Waals surface area contributed by atoms with Gasteiger partial charge >= 0.3 is 6.09 Å². The minimum atomic E-state index is -0.351. The second kappa shape index (κ2) is 9.39. The predicted octanol–water partition coefficient (Wildman–Crippen LogP) is 3.83. The van der Waals surface area contributed by atoms with Crippen LogP contribution in [0.15, 0.2) is 6.07 Å². The molecule has 2 amide bonds. The van der Waals surface area contributed by atoms with E-state index in [1.54, 1.807) is 11.3 Å². The summed E-state index contributed by atoms with van der Waals surface area (Å²) in [5.41, 5.74) is 1.86. The number of hydrogen-bond donors (Lipinski definition) is 3. The number of alkyl carbamates (subject to hydrolysis) is 1. The summed E-state index contributed by atoms with van der Waals surface area (Å²) in [6.07, 6.45) is 3.21. The van der Waals surface area contributed by atoms with Crippen molar-refractivity contribution in [3.05, 3.63) is 27.3 Å². The maximum absolute atomic E-state index is 12.3. The van der Waals surface area contributed by atoms with Gasteiger partial charge in [-0.3, -0.25) is 9.89 Å². The number of hydrogen-bond acceptors (Lipinski definition) is 6. The Morgan fingerprint density at radius 1 is 1.38 bits per heavy atom. The molecule has 9 heteroatoms. The van der Waals surface area contributed by atoms with E-state index < -0.39 is 0 Å². The lowest BCUT2D eigenvalue weighted by atomic mass is 10.0. The van der Waals surface area contributed by atoms with Crippen molar-refractivity contribution in [3.63, 3.8) is 0 Å². The number of amides is 2. The van der Waals surface area contributed by atoms with E-state index in [2.05, 4.69) is 25.8 Å². The molecule has 2 heterocycles. The van der Waals surface area contributed by atoms with Gasteiger partial charge in [0.1, 0.15) is 6.10 Å². The number of rotatable bonds is 7. The molecular formula is C20H29N5O3S. The monoisotopic (exact) mass is 419 g/mol. The average molecular weight is 420 g/mol. The molecule has 0 radical (unpaired) electrons. The van der Waals surface area contributed by atoms with Gasteiger partial charge in [-0.2, -0.15) is 5.10 Å². The van der Waals surface area contributed by atoms with E-state index in [-0.39, 0.29) is 30.1 Å². The second-order valence-corrected chi connectivity index (χ2v) is 8.95. The van der Waals surface area contributed by atoms with Gasteiger partial charge < -0.3 is 15.4 Å². The summed E-state index contributed by atoms with van der Waals surface area (Å²) in [5, 5.41) is 13.9. The van der Waals surface area contributed by atoms with Gasteiger partial charge in [-0.1, -0.05) is 6.92 Å². The minimum absolute atomic E-state index is 0.0945. The molecule has 8 nitrogen and oxygen atoms in total. The molecule has 3 N–H and O–H groups in total. The standard InChI is InChI=1S/C20H29N5O3S/c1-5-11(2)21-20(27)28-15-7-6-14(8-15)16-9-18(25-24-16)23-19(26)10-17-12(3)22-13(4)29-17/h9,11,14-15H,5-8,10H2,1-4H3,(H,21,27)(H2,23,24,25,26)/t11-,14-,15+/m0/s1. The molecule has 3 rings (SSSR count). The highest BCUT2D eigenvalue weighted by atomic mass is 32.1. The molecule has 1 aliphatic rings. The zero-order valence-corrected chi connectivity index (χ0v) is 18.2. The van der Waals surface area contributed by atoms with E-state index in [0.29, 0.717) is 12.2 Å². The van der Waals surface area contributed by atoms with E-state index in [1.807, 2.05) is 33.8 Å². The summed E-state index contributed by atoms with van der Waals surface area (Å²) in [4.78, 5) is 29.5. The Morgan fingerprint density at radius 3 is 2.86 bits per heavy atom. The molecule has 0 saturated heterocycles. The Hall–Kier alpha value is -2.42. The van der Waals surface area contributed by atoms with Crippen molar-refractivity contribution < 1.29 is 14.3 Å². The summed E-state index contributed by atoms with van der Waals surface area (Å²) in [5.74, 6) is 0.646. The number of thiazole rings is 1. The molecule has 1 saturated carbocycles. The molecule has 1 fully saturated rings. The van der Waals surface area contributed by atoms with E-state index in [4.69, 9.17) is 4.74 Å². The fraction of sp³-hybridized carbons (Fsp3) is 0.600. The van der Waals surface area contributed by atoms with Crippen molar-refractivity contribution in [1.29, 1.82) is 0 Å². The van der Waals surface area contributed by atoms with Crippen LogP contribution in [0.3, 0.4) is 0 Å². The van der Waals surface area contributed by atoms with Crippen LogP contribution in [-0.2, 0) is 16.0 Å². The van der Waals surface area contributed by atoms with Crippen LogP contribution in [0.2, 0.25) is 0 Å². The van der Waals surface area contributed by atoms with Crippen molar-refractivity contribution >= 4 is 29.2 Å². The van der Waals surface area contributed by atoms with Gasteiger partial charge in [0.05, 0.1) is 17.1 Å². The fourth-order valence-corrected chi connectivity index (χ4v) is 4.43. The Labute approximate surface area is 174 Å². The number of aryl methyl sites for hydroxylation is 2. The maximum Gasteiger partial charge on any atom is 0.407 e. The summed E-state index contributed by atoms with van der Waals surface area (Å²) in [7, 11) is 0. The molecule has 3 atom stereocenters. The van der Waals surface area contributed by atoms with Gasteiger partial charge in [0.2, 0.25) is 5.91 Å². The molecule has 29 heavy (non-hydrogen) atoms. The van der Waals surface area contributed by atoms with E-state index >= 15 is 0 Å². The van der Waals surface area contributed by atoms with Gasteiger partial charge in [0, 0.05) is 28.6 Å². The normalized spacial score (nSPS) is 19.7. The van der Waals surface area contributed by atoms with Crippen molar-refractivity contribution in [2.24, 2.45) is 0 Å². The van der Waals surface area contributed by atoms with Crippen LogP contribution in [0.4, 0.5) is 10.6 Å². The Bertz CT molecular complexity index is 862. The number of ether oxygens (including phenoxy) is 1. The summed E-state index contributed by atoms with van der Waals surface area (Å²) < 4.78 is 5.53. The lowest BCUT2D eigenvalue weighted by Crippen LogP contribution is -2.34. The van der Waals surface area contributed by atoms with Gasteiger partial charge in [0.25, 0.3) is 0 Å². The number of nitrogens with zero attached hydrogens (tertiary/aromatic N) is 2. The predicted molar refractivity (Wildman–Crippen MR) is 112 cm³/mol. The van der Waals surface area contributed by atoms with Crippen molar-refractivity contribution in [2.75, 3.05) is 5.32 Å². The van der Waals surface area contributed by atoms with E-state index in [0.717, 1.165) is 47.0 Å². The lowest BCUT2D eigenvalue weighted by Gasteiger charge is -2.16. The zero-order valence-electron chi connectivity index (χ0n) is 17.4. The van der Waals surface area contributed by atoms with Crippen LogP contribution in [0.25, 0.3) is 0 Å². The van der Waals surface area contributed by atoms with Gasteiger partial charge in [-0.15, -0.1) is 11.3 Å². The average Bonchev–Trinajstić information content (AvgIpc) is 3.36. The van der Waals surface area contributed by atoms with Gasteiger partial charge in [0.15, 0.2) is 5.82 Å². The highest BCUT2D eigenvalue weighted by Crippen LogP contribution is 2.35. The quantitative estimate of drug-likeness (QED) is 0.632. The Morgan fingerprint density at radius 2 is 2.17 bits per heavy atom. The summed E-state index contributed by atoms with van der Waals surface area (Å²) in [6, 6.07) is 1.98. The summed E-state index contributed by atoms with van der Waals surface area (Å²) in [6.45, 7) is 7.83. The first-order valence-corrected chi connectivity index (χ1v) is 10.9. The van der Waals surface area contributed by atoms with Crippen molar-refractivity contribution in [2.45, 2.75) is 77.9 Å². The highest BCUT2D eigenvalue weighted by molar-refractivity contribution is 7.11. The first-order chi connectivity index (χ1) is 13.8. The third-order valence-corrected chi connectivity index (χ3v) is 6.33. The number of H-pyrrole nitrogens is 1. The van der Waals surface area contributed by atoms with Gasteiger partial charge in [-0.25, -0.2) is 9.78 Å². The van der Waals surface area contributed by atoms with Crippen LogP contribution < -0.4 is 10.6 Å². The molecule has 2 aromatic rings. The molecule has 0 aromatic carbocycles. The van der Waals surface area contributed by atoms with Crippen molar-refractivity contribution in [1.82, 2.24) is 20.5 Å². The van der Waals surface area contributed by atoms with E-state index in [9.17, 15) is 9.59 Å². The number of anilines is 1. The van der Waals surface area contributed by atoms with Gasteiger partial charge in [-0.05, 0) is 46.5 Å². The Balaban J connectivity index is 1.49. The second-order valence-electron chi connectivity index (χ2n) is 7.67. The number of nitrogens with one attached hydrogen (secondary N) is 3. The Kier molecular flexibility index (Phi) is 6.89. The topological polar surface area (TPSA) is 109 Å². The lowest BCUT2D eigenvalue weighted by molar-refractivity contribution is -0.115. The van der Waals surface area contributed by atoms with Crippen LogP contribution in [-0.4, -0.2) is 39.3 Å². The zero-order chi connectivity index (χ0) is 21.0.